The van der Waals surface area contributed by atoms with Crippen LogP contribution in [0.2, 0.25) is 0 Å². The van der Waals surface area contributed by atoms with Gasteiger partial charge in [-0.1, -0.05) is 30.3 Å². The summed E-state index contributed by atoms with van der Waals surface area (Å²) in [7, 11) is 0. The third-order valence-corrected chi connectivity index (χ3v) is 2.44. The number of aliphatic hydroxyl groups is 1. The van der Waals surface area contributed by atoms with Gasteiger partial charge in [0.25, 0.3) is 5.56 Å². The van der Waals surface area contributed by atoms with E-state index >= 15 is 0 Å². The van der Waals surface area contributed by atoms with Gasteiger partial charge in [-0.25, -0.2) is 0 Å². The monoisotopic (exact) mass is 215 g/mol. The molecule has 2 aromatic rings. The molecule has 3 heteroatoms. The predicted octanol–water partition coefficient (Wildman–Crippen LogP) is 1.39. The van der Waals surface area contributed by atoms with Gasteiger partial charge in [-0.05, 0) is 17.2 Å². The summed E-state index contributed by atoms with van der Waals surface area (Å²) in [6.45, 7) is 0.465. The van der Waals surface area contributed by atoms with Crippen LogP contribution in [0.15, 0.2) is 53.5 Å². The van der Waals surface area contributed by atoms with E-state index in [9.17, 15) is 4.79 Å². The van der Waals surface area contributed by atoms with E-state index in [-0.39, 0.29) is 12.2 Å². The van der Waals surface area contributed by atoms with Crippen molar-refractivity contribution >= 4 is 0 Å². The minimum Gasteiger partial charge on any atom is -0.392 e. The molecule has 0 amide bonds. The summed E-state index contributed by atoms with van der Waals surface area (Å²) in [5, 5.41) is 8.89. The van der Waals surface area contributed by atoms with E-state index in [0.29, 0.717) is 12.1 Å². The molecule has 0 saturated carbocycles. The number of hydrogen-bond donors (Lipinski definition) is 1. The molecule has 0 saturated heterocycles. The standard InChI is InChI=1S/C13H13NO2/c15-10-12-6-7-14(13(16)8-12)9-11-4-2-1-3-5-11/h1-8,15H,9-10H2. The van der Waals surface area contributed by atoms with Crippen LogP contribution in [0.25, 0.3) is 0 Å². The number of benzene rings is 1. The van der Waals surface area contributed by atoms with Gasteiger partial charge in [-0.3, -0.25) is 4.79 Å². The zero-order valence-corrected chi connectivity index (χ0v) is 8.84. The Kier molecular flexibility index (Phi) is 3.17. The molecule has 1 aromatic heterocycles. The van der Waals surface area contributed by atoms with Crippen molar-refractivity contribution in [3.05, 3.63) is 70.1 Å². The Morgan fingerprint density at radius 2 is 1.81 bits per heavy atom. The lowest BCUT2D eigenvalue weighted by atomic mass is 10.2. The van der Waals surface area contributed by atoms with Crippen molar-refractivity contribution in [3.8, 4) is 0 Å². The maximum atomic E-state index is 11.7. The lowest BCUT2D eigenvalue weighted by Gasteiger charge is -2.06. The number of pyridine rings is 1. The molecule has 0 fully saturated rings. The van der Waals surface area contributed by atoms with E-state index in [1.54, 1.807) is 16.8 Å². The molecule has 0 aliphatic rings. The highest BCUT2D eigenvalue weighted by atomic mass is 16.3. The van der Waals surface area contributed by atoms with Crippen LogP contribution in [0.1, 0.15) is 11.1 Å². The molecule has 1 N–H and O–H groups in total. The topological polar surface area (TPSA) is 42.2 Å². The highest BCUT2D eigenvalue weighted by Crippen LogP contribution is 2.01. The Balaban J connectivity index is 2.26. The maximum absolute atomic E-state index is 11.7. The Hall–Kier alpha value is -1.87. The molecule has 1 heterocycles. The summed E-state index contributed by atoms with van der Waals surface area (Å²) < 4.78 is 1.62. The molecule has 0 unspecified atom stereocenters. The first-order valence-electron chi connectivity index (χ1n) is 5.14. The number of nitrogens with zero attached hydrogens (tertiary/aromatic N) is 1. The van der Waals surface area contributed by atoms with E-state index in [1.165, 1.54) is 6.07 Å². The van der Waals surface area contributed by atoms with Crippen molar-refractivity contribution in [3.63, 3.8) is 0 Å². The summed E-state index contributed by atoms with van der Waals surface area (Å²) >= 11 is 0. The van der Waals surface area contributed by atoms with E-state index in [2.05, 4.69) is 0 Å². The zero-order chi connectivity index (χ0) is 11.4. The molecule has 0 bridgehead atoms. The second-order valence-electron chi connectivity index (χ2n) is 3.64. The summed E-state index contributed by atoms with van der Waals surface area (Å²) in [6, 6.07) is 13.0. The molecule has 82 valence electrons. The minimum absolute atomic E-state index is 0.0876. The number of rotatable bonds is 3. The molecule has 3 nitrogen and oxygen atoms in total. The summed E-state index contributed by atoms with van der Waals surface area (Å²) in [4.78, 5) is 11.7. The van der Waals surface area contributed by atoms with Crippen molar-refractivity contribution in [2.75, 3.05) is 0 Å². The van der Waals surface area contributed by atoms with Gasteiger partial charge in [0.2, 0.25) is 0 Å². The van der Waals surface area contributed by atoms with Crippen LogP contribution in [0.4, 0.5) is 0 Å². The van der Waals surface area contributed by atoms with Gasteiger partial charge in [-0.15, -0.1) is 0 Å². The van der Waals surface area contributed by atoms with Crippen LogP contribution in [0.3, 0.4) is 0 Å². The second-order valence-corrected chi connectivity index (χ2v) is 3.64. The third-order valence-electron chi connectivity index (χ3n) is 2.44. The van der Waals surface area contributed by atoms with Gasteiger partial charge < -0.3 is 9.67 Å². The highest BCUT2D eigenvalue weighted by molar-refractivity contribution is 5.16. The van der Waals surface area contributed by atoms with Crippen molar-refractivity contribution < 1.29 is 5.11 Å². The van der Waals surface area contributed by atoms with Gasteiger partial charge in [0, 0.05) is 12.3 Å². The van der Waals surface area contributed by atoms with Gasteiger partial charge in [0.15, 0.2) is 0 Å². The smallest absolute Gasteiger partial charge is 0.251 e. The lowest BCUT2D eigenvalue weighted by molar-refractivity contribution is 0.281. The molecule has 0 aliphatic carbocycles. The first-order valence-corrected chi connectivity index (χ1v) is 5.14. The van der Waals surface area contributed by atoms with Crippen molar-refractivity contribution in [2.45, 2.75) is 13.2 Å². The van der Waals surface area contributed by atoms with E-state index in [1.807, 2.05) is 30.3 Å². The summed E-state index contributed by atoms with van der Waals surface area (Å²) in [6.07, 6.45) is 1.71. The normalized spacial score (nSPS) is 10.3. The fourth-order valence-electron chi connectivity index (χ4n) is 1.56. The van der Waals surface area contributed by atoms with Crippen molar-refractivity contribution in [1.29, 1.82) is 0 Å². The van der Waals surface area contributed by atoms with E-state index in [4.69, 9.17) is 5.11 Å². The van der Waals surface area contributed by atoms with Crippen LogP contribution < -0.4 is 5.56 Å². The van der Waals surface area contributed by atoms with E-state index in [0.717, 1.165) is 5.56 Å². The fraction of sp³-hybridized carbons (Fsp3) is 0.154. The average Bonchev–Trinajstić information content (AvgIpc) is 2.33. The maximum Gasteiger partial charge on any atom is 0.251 e. The summed E-state index contributed by atoms with van der Waals surface area (Å²) in [5.41, 5.74) is 1.64. The third kappa shape index (κ3) is 2.38. The van der Waals surface area contributed by atoms with Gasteiger partial charge in [-0.2, -0.15) is 0 Å². The molecule has 0 radical (unpaired) electrons. The predicted molar refractivity (Wildman–Crippen MR) is 62.2 cm³/mol. The Labute approximate surface area is 93.6 Å². The number of hydrogen-bond acceptors (Lipinski definition) is 2. The van der Waals surface area contributed by atoms with Crippen LogP contribution >= 0.6 is 0 Å². The Morgan fingerprint density at radius 1 is 1.06 bits per heavy atom. The second kappa shape index (κ2) is 4.77. The largest absolute Gasteiger partial charge is 0.392 e. The van der Waals surface area contributed by atoms with Crippen LogP contribution in [-0.4, -0.2) is 9.67 Å². The first kappa shape index (κ1) is 10.6. The zero-order valence-electron chi connectivity index (χ0n) is 8.84. The summed E-state index contributed by atoms with van der Waals surface area (Å²) in [5.74, 6) is 0. The van der Waals surface area contributed by atoms with Crippen LogP contribution in [0, 0.1) is 0 Å². The Bertz CT molecular complexity index is 517. The highest BCUT2D eigenvalue weighted by Gasteiger charge is 1.98. The minimum atomic E-state index is -0.0958. The molecule has 16 heavy (non-hydrogen) atoms. The number of aromatic nitrogens is 1. The first-order chi connectivity index (χ1) is 7.79. The van der Waals surface area contributed by atoms with Crippen molar-refractivity contribution in [2.24, 2.45) is 0 Å². The Morgan fingerprint density at radius 3 is 2.44 bits per heavy atom. The molecule has 2 rings (SSSR count). The van der Waals surface area contributed by atoms with Gasteiger partial charge in [0.05, 0.1) is 13.2 Å². The quantitative estimate of drug-likeness (QED) is 0.840. The fourth-order valence-corrected chi connectivity index (χ4v) is 1.56. The van der Waals surface area contributed by atoms with Crippen molar-refractivity contribution in [1.82, 2.24) is 4.57 Å². The molecule has 1 aromatic carbocycles. The van der Waals surface area contributed by atoms with Gasteiger partial charge >= 0.3 is 0 Å². The molecule has 0 spiro atoms. The van der Waals surface area contributed by atoms with E-state index < -0.39 is 0 Å². The molecule has 0 atom stereocenters. The van der Waals surface area contributed by atoms with Gasteiger partial charge in [0.1, 0.15) is 0 Å². The number of aliphatic hydroxyl groups excluding tert-OH is 1. The lowest BCUT2D eigenvalue weighted by Crippen LogP contribution is -2.19. The van der Waals surface area contributed by atoms with Crippen LogP contribution in [0.5, 0.6) is 0 Å². The molecule has 0 aliphatic heterocycles. The SMILES string of the molecule is O=c1cc(CO)ccn1Cc1ccccc1. The molecular weight excluding hydrogens is 202 g/mol. The van der Waals surface area contributed by atoms with Crippen LogP contribution in [-0.2, 0) is 13.2 Å². The average molecular weight is 215 g/mol. The molecular formula is C13H13NO2.